The van der Waals surface area contributed by atoms with Gasteiger partial charge in [-0.15, -0.1) is 0 Å². The van der Waals surface area contributed by atoms with Crippen molar-refractivity contribution in [1.82, 2.24) is 19.5 Å². The maximum absolute atomic E-state index is 5.47. The minimum absolute atomic E-state index is 0.435. The normalized spacial score (nSPS) is 19.8. The van der Waals surface area contributed by atoms with Crippen molar-refractivity contribution < 1.29 is 9.15 Å². The second-order valence-electron chi connectivity index (χ2n) is 7.39. The Morgan fingerprint density at radius 3 is 2.67 bits per heavy atom. The Kier molecular flexibility index (Phi) is 4.55. The molecule has 0 N–H and O–H groups in total. The molecule has 0 atom stereocenters. The van der Waals surface area contributed by atoms with Crippen molar-refractivity contribution in [2.24, 2.45) is 0 Å². The smallest absolute Gasteiger partial charge is 0.155 e. The highest BCUT2D eigenvalue weighted by molar-refractivity contribution is 5.51. The fraction of sp³-hybridized carbons (Fsp3) is 0.500. The Hall–Kier alpha value is -2.38. The predicted octanol–water partition coefficient (Wildman–Crippen LogP) is 2.54. The van der Waals surface area contributed by atoms with Crippen LogP contribution < -0.4 is 4.90 Å². The van der Waals surface area contributed by atoms with Crippen molar-refractivity contribution in [3.63, 3.8) is 0 Å². The Balaban J connectivity index is 1.26. The summed E-state index contributed by atoms with van der Waals surface area (Å²) in [6, 6.07) is 8.22. The van der Waals surface area contributed by atoms with E-state index in [9.17, 15) is 0 Å². The third kappa shape index (κ3) is 3.57. The number of hydrogen-bond acceptors (Lipinski definition) is 6. The Bertz CT molecular complexity index is 877. The molecule has 142 valence electrons. The van der Waals surface area contributed by atoms with Gasteiger partial charge in [-0.3, -0.25) is 4.90 Å². The number of furan rings is 1. The summed E-state index contributed by atoms with van der Waals surface area (Å²) in [4.78, 5) is 9.59. The van der Waals surface area contributed by atoms with Crippen LogP contribution in [0.2, 0.25) is 0 Å². The van der Waals surface area contributed by atoms with Crippen LogP contribution in [0.15, 0.2) is 41.1 Å². The molecule has 0 saturated carbocycles. The molecule has 0 amide bonds. The highest BCUT2D eigenvalue weighted by atomic mass is 16.5. The van der Waals surface area contributed by atoms with E-state index >= 15 is 0 Å². The minimum Gasteiger partial charge on any atom is -0.468 e. The maximum atomic E-state index is 5.47. The first-order valence-electron chi connectivity index (χ1n) is 9.79. The number of ether oxygens (including phenoxy) is 1. The van der Waals surface area contributed by atoms with E-state index in [1.807, 2.05) is 16.6 Å². The van der Waals surface area contributed by atoms with E-state index in [0.29, 0.717) is 5.92 Å². The lowest BCUT2D eigenvalue weighted by atomic mass is 9.96. The van der Waals surface area contributed by atoms with Crippen LogP contribution >= 0.6 is 0 Å². The molecule has 0 aromatic carbocycles. The third-order valence-corrected chi connectivity index (χ3v) is 5.62. The van der Waals surface area contributed by atoms with Gasteiger partial charge in [0.25, 0.3) is 0 Å². The van der Waals surface area contributed by atoms with Crippen LogP contribution in [-0.4, -0.2) is 58.9 Å². The summed E-state index contributed by atoms with van der Waals surface area (Å²) in [7, 11) is 0. The van der Waals surface area contributed by atoms with Crippen molar-refractivity contribution in [3.8, 4) is 0 Å². The molecule has 0 bridgehead atoms. The predicted molar refractivity (Wildman–Crippen MR) is 102 cm³/mol. The number of fused-ring (bicyclic) bond motifs is 1. The Morgan fingerprint density at radius 1 is 1.04 bits per heavy atom. The molecule has 7 heteroatoms. The van der Waals surface area contributed by atoms with Crippen molar-refractivity contribution >= 4 is 11.3 Å². The van der Waals surface area contributed by atoms with Crippen LogP contribution in [-0.2, 0) is 11.3 Å². The average molecular weight is 367 g/mol. The first-order valence-corrected chi connectivity index (χ1v) is 9.79. The molecular formula is C20H25N5O2. The van der Waals surface area contributed by atoms with Crippen LogP contribution in [0.5, 0.6) is 0 Å². The van der Waals surface area contributed by atoms with Crippen molar-refractivity contribution in [2.45, 2.75) is 25.3 Å². The van der Waals surface area contributed by atoms with Gasteiger partial charge in [-0.2, -0.15) is 5.10 Å². The lowest BCUT2D eigenvalue weighted by molar-refractivity contribution is 0.122. The van der Waals surface area contributed by atoms with Crippen LogP contribution in [0.3, 0.4) is 0 Å². The van der Waals surface area contributed by atoms with E-state index in [0.717, 1.165) is 76.0 Å². The molecule has 3 aromatic heterocycles. The summed E-state index contributed by atoms with van der Waals surface area (Å²) in [5.41, 5.74) is 2.12. The van der Waals surface area contributed by atoms with E-state index < -0.39 is 0 Å². The molecule has 0 aliphatic carbocycles. The molecule has 0 radical (unpaired) electrons. The molecule has 7 nitrogen and oxygen atoms in total. The number of aromatic nitrogens is 3. The molecule has 2 aliphatic rings. The maximum Gasteiger partial charge on any atom is 0.155 e. The second-order valence-corrected chi connectivity index (χ2v) is 7.39. The van der Waals surface area contributed by atoms with Crippen LogP contribution in [0.4, 0.5) is 5.69 Å². The van der Waals surface area contributed by atoms with Gasteiger partial charge in [0.15, 0.2) is 11.5 Å². The van der Waals surface area contributed by atoms with Gasteiger partial charge in [0.1, 0.15) is 5.76 Å². The lowest BCUT2D eigenvalue weighted by Crippen LogP contribution is -2.36. The Labute approximate surface area is 158 Å². The summed E-state index contributed by atoms with van der Waals surface area (Å²) in [5, 5.41) is 4.80. The van der Waals surface area contributed by atoms with E-state index in [1.54, 1.807) is 6.26 Å². The number of rotatable bonds is 4. The fourth-order valence-corrected chi connectivity index (χ4v) is 4.04. The third-order valence-electron chi connectivity index (χ3n) is 5.62. The van der Waals surface area contributed by atoms with Crippen molar-refractivity contribution in [3.05, 3.63) is 48.3 Å². The number of pyridine rings is 1. The van der Waals surface area contributed by atoms with Gasteiger partial charge in [-0.25, -0.2) is 9.50 Å². The van der Waals surface area contributed by atoms with Crippen LogP contribution in [0.25, 0.3) is 5.65 Å². The van der Waals surface area contributed by atoms with E-state index in [1.165, 1.54) is 5.69 Å². The molecule has 2 fully saturated rings. The summed E-state index contributed by atoms with van der Waals surface area (Å²) < 4.78 is 12.9. The molecule has 27 heavy (non-hydrogen) atoms. The highest BCUT2D eigenvalue weighted by Gasteiger charge is 2.24. The Morgan fingerprint density at radius 2 is 1.89 bits per heavy atom. The first kappa shape index (κ1) is 16.8. The average Bonchev–Trinajstić information content (AvgIpc) is 3.38. The van der Waals surface area contributed by atoms with Gasteiger partial charge in [0, 0.05) is 19.0 Å². The largest absolute Gasteiger partial charge is 0.468 e. The van der Waals surface area contributed by atoms with Crippen LogP contribution in [0.1, 0.15) is 30.3 Å². The second kappa shape index (κ2) is 7.32. The van der Waals surface area contributed by atoms with Gasteiger partial charge in [0.05, 0.1) is 37.9 Å². The number of hydrogen-bond donors (Lipinski definition) is 0. The zero-order valence-electron chi connectivity index (χ0n) is 15.5. The van der Waals surface area contributed by atoms with E-state index in [-0.39, 0.29) is 0 Å². The highest BCUT2D eigenvalue weighted by Crippen LogP contribution is 2.27. The molecule has 3 aromatic rings. The minimum atomic E-state index is 0.435. The van der Waals surface area contributed by atoms with Gasteiger partial charge < -0.3 is 14.1 Å². The molecule has 5 heterocycles. The zero-order chi connectivity index (χ0) is 18.1. The number of morpholine rings is 1. The molecule has 2 aliphatic heterocycles. The number of piperidine rings is 1. The van der Waals surface area contributed by atoms with Gasteiger partial charge in [-0.05, 0) is 50.2 Å². The SMILES string of the molecule is c1coc(CN2CCC(c3nc4ccc(N5CCOCC5)cn4n3)CC2)c1. The summed E-state index contributed by atoms with van der Waals surface area (Å²) in [6.45, 7) is 6.44. The molecule has 0 unspecified atom stereocenters. The lowest BCUT2D eigenvalue weighted by Gasteiger charge is -2.29. The molecule has 0 spiro atoms. The van der Waals surface area contributed by atoms with Gasteiger partial charge >= 0.3 is 0 Å². The standard InChI is InChI=1S/C20H25N5O2/c1-2-18(27-11-1)15-23-7-5-16(6-8-23)20-21-19-4-3-17(14-25(19)22-20)24-9-12-26-13-10-24/h1-4,11,14,16H,5-10,12-13,15H2. The van der Waals surface area contributed by atoms with Crippen molar-refractivity contribution in [1.29, 1.82) is 0 Å². The molecule has 5 rings (SSSR count). The topological polar surface area (TPSA) is 59.0 Å². The van der Waals surface area contributed by atoms with Gasteiger partial charge in [-0.1, -0.05) is 0 Å². The summed E-state index contributed by atoms with van der Waals surface area (Å²) in [5.74, 6) is 2.45. The summed E-state index contributed by atoms with van der Waals surface area (Å²) in [6.07, 6.45) is 6.03. The molecular weight excluding hydrogens is 342 g/mol. The molecule has 2 saturated heterocycles. The van der Waals surface area contributed by atoms with Gasteiger partial charge in [0.2, 0.25) is 0 Å². The van der Waals surface area contributed by atoms with E-state index in [2.05, 4.69) is 28.1 Å². The zero-order valence-corrected chi connectivity index (χ0v) is 15.5. The van der Waals surface area contributed by atoms with E-state index in [4.69, 9.17) is 19.2 Å². The number of likely N-dealkylation sites (tertiary alicyclic amines) is 1. The van der Waals surface area contributed by atoms with Crippen LogP contribution in [0, 0.1) is 0 Å². The monoisotopic (exact) mass is 367 g/mol. The quantitative estimate of drug-likeness (QED) is 0.706. The van der Waals surface area contributed by atoms with Crippen molar-refractivity contribution in [2.75, 3.05) is 44.3 Å². The fourth-order valence-electron chi connectivity index (χ4n) is 4.04. The summed E-state index contributed by atoms with van der Waals surface area (Å²) >= 11 is 0. The number of anilines is 1. The first-order chi connectivity index (χ1) is 13.3. The number of nitrogens with zero attached hydrogens (tertiary/aromatic N) is 5.